The molecule has 0 aliphatic heterocycles. The zero-order valence-electron chi connectivity index (χ0n) is 14.0. The molecule has 0 heterocycles. The van der Waals surface area contributed by atoms with Crippen molar-refractivity contribution in [3.05, 3.63) is 100 Å². The predicted molar refractivity (Wildman–Crippen MR) is 115 cm³/mol. The monoisotopic (exact) mass is 461 g/mol. The molecule has 0 bridgehead atoms. The van der Waals surface area contributed by atoms with Crippen LogP contribution in [0.5, 0.6) is 0 Å². The number of ether oxygens (including phenoxy) is 1. The molecular weight excluding hydrogens is 449 g/mol. The maximum Gasteiger partial charge on any atom is 0.417 e. The molecule has 0 radical (unpaired) electrons. The van der Waals surface area contributed by atoms with E-state index in [0.29, 0.717) is 26.0 Å². The first-order valence-corrected chi connectivity index (χ1v) is 9.54. The van der Waals surface area contributed by atoms with E-state index in [4.69, 9.17) is 27.9 Å². The van der Waals surface area contributed by atoms with Crippen LogP contribution in [-0.2, 0) is 4.74 Å². The first-order valence-electron chi connectivity index (χ1n) is 7.99. The number of carbonyl (C=O) groups is 1. The Hall–Kier alpha value is -2.27. The minimum absolute atomic E-state index is 0.346. The van der Waals surface area contributed by atoms with Gasteiger partial charge in [0.2, 0.25) is 0 Å². The molecule has 0 atom stereocenters. The molecule has 0 aliphatic carbocycles. The van der Waals surface area contributed by atoms with Gasteiger partial charge in [0.1, 0.15) is 0 Å². The molecule has 1 amide bonds. The molecule has 0 fully saturated rings. The number of amides is 1. The van der Waals surface area contributed by atoms with Crippen LogP contribution in [0.4, 0.5) is 10.5 Å². The van der Waals surface area contributed by atoms with Crippen molar-refractivity contribution in [1.29, 1.82) is 0 Å². The summed E-state index contributed by atoms with van der Waals surface area (Å²) in [5.74, 6) is 0.402. The van der Waals surface area contributed by atoms with Gasteiger partial charge in [0.25, 0.3) is 0 Å². The Balaban J connectivity index is 1.90. The van der Waals surface area contributed by atoms with E-state index < -0.39 is 6.09 Å². The van der Waals surface area contributed by atoms with Gasteiger partial charge in [-0.15, -0.1) is 0 Å². The number of carbonyl (C=O) groups excluding carboxylic acids is 1. The molecule has 0 saturated heterocycles. The van der Waals surface area contributed by atoms with E-state index in [1.165, 1.54) is 0 Å². The van der Waals surface area contributed by atoms with E-state index in [9.17, 15) is 4.79 Å². The van der Waals surface area contributed by atoms with Crippen LogP contribution in [0.3, 0.4) is 0 Å². The van der Waals surface area contributed by atoms with Crippen LogP contribution in [0.25, 0.3) is 10.2 Å². The highest BCUT2D eigenvalue weighted by Gasteiger charge is 2.15. The van der Waals surface area contributed by atoms with Crippen molar-refractivity contribution < 1.29 is 9.53 Å². The topological polar surface area (TPSA) is 38.3 Å². The van der Waals surface area contributed by atoms with Crippen LogP contribution >= 0.6 is 39.1 Å². The average molecular weight is 463 g/mol. The molecule has 1 N–H and O–H groups in total. The second kappa shape index (κ2) is 9.09. The third-order valence-corrected chi connectivity index (χ3v) is 5.18. The summed E-state index contributed by atoms with van der Waals surface area (Å²) < 4.78 is 6.30. The summed E-state index contributed by atoms with van der Waals surface area (Å²) in [6.07, 6.45) is -0.639. The molecule has 3 aromatic carbocycles. The summed E-state index contributed by atoms with van der Waals surface area (Å²) in [5, 5.41) is 3.41. The van der Waals surface area contributed by atoms with Crippen LogP contribution in [0.2, 0.25) is 10.0 Å². The number of anilines is 1. The Labute approximate surface area is 175 Å². The Morgan fingerprint density at radius 1 is 0.815 bits per heavy atom. The van der Waals surface area contributed by atoms with Crippen molar-refractivity contribution in [3.63, 3.8) is 0 Å². The SMILES string of the molecule is O=C(Nc1ccc(Cl)c(Cl)c1)O/C(=C(\Br)c1ccccc1)c1ccccc1. The molecule has 0 saturated carbocycles. The summed E-state index contributed by atoms with van der Waals surface area (Å²) in [6.45, 7) is 0. The summed E-state index contributed by atoms with van der Waals surface area (Å²) in [4.78, 5) is 12.5. The fraction of sp³-hybridized carbons (Fsp3) is 0. The second-order valence-electron chi connectivity index (χ2n) is 5.52. The molecule has 0 spiro atoms. The lowest BCUT2D eigenvalue weighted by Gasteiger charge is -2.13. The average Bonchev–Trinajstić information content (AvgIpc) is 2.70. The van der Waals surface area contributed by atoms with Crippen molar-refractivity contribution in [2.75, 3.05) is 5.32 Å². The molecule has 3 aromatic rings. The number of halogens is 3. The maximum atomic E-state index is 12.5. The molecule has 3 rings (SSSR count). The minimum atomic E-state index is -0.639. The van der Waals surface area contributed by atoms with Gasteiger partial charge in [0, 0.05) is 11.3 Å². The second-order valence-corrected chi connectivity index (χ2v) is 7.13. The van der Waals surface area contributed by atoms with Gasteiger partial charge in [0.15, 0.2) is 5.76 Å². The maximum absolute atomic E-state index is 12.5. The van der Waals surface area contributed by atoms with Gasteiger partial charge in [-0.25, -0.2) is 4.79 Å². The van der Waals surface area contributed by atoms with E-state index in [2.05, 4.69) is 21.2 Å². The van der Waals surface area contributed by atoms with Crippen LogP contribution < -0.4 is 5.32 Å². The van der Waals surface area contributed by atoms with Crippen molar-refractivity contribution in [2.45, 2.75) is 0 Å². The van der Waals surface area contributed by atoms with Gasteiger partial charge >= 0.3 is 6.09 Å². The lowest BCUT2D eigenvalue weighted by molar-refractivity contribution is 0.207. The molecular formula is C21H14BrCl2NO2. The van der Waals surface area contributed by atoms with Crippen molar-refractivity contribution in [1.82, 2.24) is 0 Å². The molecule has 0 aromatic heterocycles. The van der Waals surface area contributed by atoms with Crippen molar-refractivity contribution in [2.24, 2.45) is 0 Å². The molecule has 136 valence electrons. The van der Waals surface area contributed by atoms with Gasteiger partial charge in [-0.1, -0.05) is 83.9 Å². The third kappa shape index (κ3) is 5.13. The lowest BCUT2D eigenvalue weighted by atomic mass is 10.1. The highest BCUT2D eigenvalue weighted by atomic mass is 79.9. The normalized spacial score (nSPS) is 11.5. The quantitative estimate of drug-likeness (QED) is 0.322. The minimum Gasteiger partial charge on any atom is -0.408 e. The smallest absolute Gasteiger partial charge is 0.408 e. The summed E-state index contributed by atoms with van der Waals surface area (Å²) in [5.41, 5.74) is 2.13. The van der Waals surface area contributed by atoms with Gasteiger partial charge in [0.05, 0.1) is 14.5 Å². The number of hydrogen-bond acceptors (Lipinski definition) is 2. The Morgan fingerprint density at radius 3 is 2.00 bits per heavy atom. The summed E-state index contributed by atoms with van der Waals surface area (Å²) in [7, 11) is 0. The summed E-state index contributed by atoms with van der Waals surface area (Å²) >= 11 is 15.5. The van der Waals surface area contributed by atoms with Gasteiger partial charge < -0.3 is 4.74 Å². The highest BCUT2D eigenvalue weighted by molar-refractivity contribution is 9.15. The van der Waals surface area contributed by atoms with Crippen molar-refractivity contribution >= 4 is 61.2 Å². The summed E-state index contributed by atoms with van der Waals surface area (Å²) in [6, 6.07) is 23.8. The van der Waals surface area contributed by atoms with E-state index in [-0.39, 0.29) is 0 Å². The first kappa shape index (κ1) is 19.5. The first-order chi connectivity index (χ1) is 13.0. The molecule has 27 heavy (non-hydrogen) atoms. The zero-order valence-corrected chi connectivity index (χ0v) is 17.1. The van der Waals surface area contributed by atoms with Crippen molar-refractivity contribution in [3.8, 4) is 0 Å². The Bertz CT molecular complexity index is 976. The fourth-order valence-electron chi connectivity index (χ4n) is 2.35. The largest absolute Gasteiger partial charge is 0.417 e. The van der Waals surface area contributed by atoms with Crippen LogP contribution in [0, 0.1) is 0 Å². The number of benzene rings is 3. The predicted octanol–water partition coefficient (Wildman–Crippen LogP) is 7.46. The number of hydrogen-bond donors (Lipinski definition) is 1. The van der Waals surface area contributed by atoms with Gasteiger partial charge in [-0.2, -0.15) is 0 Å². The van der Waals surface area contributed by atoms with Crippen LogP contribution in [0.15, 0.2) is 78.9 Å². The lowest BCUT2D eigenvalue weighted by Crippen LogP contribution is -2.13. The number of nitrogens with one attached hydrogen (secondary N) is 1. The van der Waals surface area contributed by atoms with Crippen LogP contribution in [0.1, 0.15) is 11.1 Å². The Morgan fingerprint density at radius 2 is 1.41 bits per heavy atom. The van der Waals surface area contributed by atoms with Gasteiger partial charge in [-0.05, 0) is 39.7 Å². The van der Waals surface area contributed by atoms with Crippen LogP contribution in [-0.4, -0.2) is 6.09 Å². The zero-order chi connectivity index (χ0) is 19.2. The van der Waals surface area contributed by atoms with Gasteiger partial charge in [-0.3, -0.25) is 5.32 Å². The fourth-order valence-corrected chi connectivity index (χ4v) is 3.22. The van der Waals surface area contributed by atoms with E-state index in [1.54, 1.807) is 18.2 Å². The molecule has 0 aliphatic rings. The Kier molecular flexibility index (Phi) is 6.56. The third-order valence-electron chi connectivity index (χ3n) is 3.62. The number of rotatable bonds is 4. The van der Waals surface area contributed by atoms with E-state index in [1.807, 2.05) is 60.7 Å². The van der Waals surface area contributed by atoms with E-state index in [0.717, 1.165) is 11.1 Å². The molecule has 6 heteroatoms. The molecule has 3 nitrogen and oxygen atoms in total. The standard InChI is InChI=1S/C21H14BrCl2NO2/c22-19(14-7-3-1-4-8-14)20(15-9-5-2-6-10-15)27-21(26)25-16-11-12-17(23)18(24)13-16/h1-13H,(H,25,26)/b20-19-. The molecule has 0 unspecified atom stereocenters. The van der Waals surface area contributed by atoms with E-state index >= 15 is 0 Å². The highest BCUT2D eigenvalue weighted by Crippen LogP contribution is 2.32.